The molecule has 9 heteroatoms. The van der Waals surface area contributed by atoms with Crippen LogP contribution in [0.5, 0.6) is 11.5 Å². The Labute approximate surface area is 164 Å². The van der Waals surface area contributed by atoms with Crippen LogP contribution in [-0.4, -0.2) is 53.1 Å². The van der Waals surface area contributed by atoms with E-state index in [-0.39, 0.29) is 18.4 Å². The average Bonchev–Trinajstić information content (AvgIpc) is 2.69. The highest BCUT2D eigenvalue weighted by atomic mass is 32.2. The molecule has 8 nitrogen and oxygen atoms in total. The summed E-state index contributed by atoms with van der Waals surface area (Å²) in [4.78, 5) is 14.7. The highest BCUT2D eigenvalue weighted by Crippen LogP contribution is 2.32. The molecule has 0 bridgehead atoms. The molecule has 0 aliphatic carbocycles. The number of likely N-dealkylation sites (tertiary alicyclic amines) is 1. The van der Waals surface area contributed by atoms with Gasteiger partial charge in [-0.2, -0.15) is 8.42 Å². The standard InChI is InChI=1S/C19H25N3O5S/c1-26-17-9-14-5-6-15(8-16(14)10-18(17)27-2)19(23)22-7-3-4-13(12-22)11-21-28(20,24)25/h5-6,8-10,13,21H,3-4,7,11-12H2,1-2H3,(H2,20,24,25). The molecular formula is C19H25N3O5S. The lowest BCUT2D eigenvalue weighted by atomic mass is 9.97. The SMILES string of the molecule is COc1cc2ccc(C(=O)N3CCCC(CNS(N)(=O)=O)C3)cc2cc1OC. The molecule has 3 N–H and O–H groups in total. The van der Waals surface area contributed by atoms with Crippen LogP contribution in [0.1, 0.15) is 23.2 Å². The molecule has 1 saturated heterocycles. The molecule has 0 aromatic heterocycles. The number of hydrogen-bond acceptors (Lipinski definition) is 5. The van der Waals surface area contributed by atoms with Crippen molar-refractivity contribution in [1.82, 2.24) is 9.62 Å². The van der Waals surface area contributed by atoms with Gasteiger partial charge in [0.25, 0.3) is 16.1 Å². The fraction of sp³-hybridized carbons (Fsp3) is 0.421. The van der Waals surface area contributed by atoms with Crippen molar-refractivity contribution in [3.8, 4) is 11.5 Å². The second-order valence-corrected chi connectivity index (χ2v) is 8.30. The van der Waals surface area contributed by atoms with Gasteiger partial charge in [-0.1, -0.05) is 6.07 Å². The number of methoxy groups -OCH3 is 2. The lowest BCUT2D eigenvalue weighted by molar-refractivity contribution is 0.0676. The number of rotatable bonds is 6. The largest absolute Gasteiger partial charge is 0.493 e. The lowest BCUT2D eigenvalue weighted by Crippen LogP contribution is -2.44. The minimum absolute atomic E-state index is 0.0424. The van der Waals surface area contributed by atoms with Crippen LogP contribution in [0.2, 0.25) is 0 Å². The molecule has 152 valence electrons. The third-order valence-electron chi connectivity index (χ3n) is 4.97. The Hall–Kier alpha value is -2.36. The summed E-state index contributed by atoms with van der Waals surface area (Å²) in [5, 5.41) is 6.83. The van der Waals surface area contributed by atoms with E-state index in [0.29, 0.717) is 30.2 Å². The molecule has 3 rings (SSSR count). The molecule has 1 heterocycles. The molecule has 28 heavy (non-hydrogen) atoms. The van der Waals surface area contributed by atoms with Crippen molar-refractivity contribution in [2.45, 2.75) is 12.8 Å². The van der Waals surface area contributed by atoms with Crippen LogP contribution >= 0.6 is 0 Å². The van der Waals surface area contributed by atoms with Gasteiger partial charge in [-0.25, -0.2) is 9.86 Å². The van der Waals surface area contributed by atoms with E-state index < -0.39 is 10.2 Å². The summed E-state index contributed by atoms with van der Waals surface area (Å²) in [6.07, 6.45) is 1.67. The first kappa shape index (κ1) is 20.4. The van der Waals surface area contributed by atoms with Crippen LogP contribution in [0.4, 0.5) is 0 Å². The van der Waals surface area contributed by atoms with Gasteiger partial charge >= 0.3 is 0 Å². The molecule has 1 fully saturated rings. The number of piperidine rings is 1. The minimum atomic E-state index is -3.73. The molecule has 1 aliphatic rings. The van der Waals surface area contributed by atoms with Crippen LogP contribution in [0.15, 0.2) is 30.3 Å². The van der Waals surface area contributed by atoms with E-state index in [0.717, 1.165) is 23.6 Å². The Morgan fingerprint density at radius 1 is 1.18 bits per heavy atom. The predicted octanol–water partition coefficient (Wildman–Crippen LogP) is 1.50. The quantitative estimate of drug-likeness (QED) is 0.754. The topological polar surface area (TPSA) is 111 Å². The number of nitrogens with two attached hydrogens (primary N) is 1. The number of carbonyl (C=O) groups is 1. The van der Waals surface area contributed by atoms with Gasteiger partial charge in [-0.3, -0.25) is 4.79 Å². The van der Waals surface area contributed by atoms with Crippen LogP contribution in [0, 0.1) is 5.92 Å². The van der Waals surface area contributed by atoms with Crippen LogP contribution in [-0.2, 0) is 10.2 Å². The van der Waals surface area contributed by atoms with Gasteiger partial charge in [0.1, 0.15) is 0 Å². The average molecular weight is 407 g/mol. The molecular weight excluding hydrogens is 382 g/mol. The zero-order valence-electron chi connectivity index (χ0n) is 16.0. The first-order valence-corrected chi connectivity index (χ1v) is 10.6. The number of nitrogens with zero attached hydrogens (tertiary/aromatic N) is 1. The van der Waals surface area contributed by atoms with Gasteiger partial charge < -0.3 is 14.4 Å². The molecule has 1 amide bonds. The maximum Gasteiger partial charge on any atom is 0.274 e. The van der Waals surface area contributed by atoms with E-state index in [9.17, 15) is 13.2 Å². The Kier molecular flexibility index (Phi) is 6.07. The molecule has 2 aromatic rings. The van der Waals surface area contributed by atoms with E-state index in [1.165, 1.54) is 0 Å². The third-order valence-corrected chi connectivity index (χ3v) is 5.54. The predicted molar refractivity (Wildman–Crippen MR) is 107 cm³/mol. The van der Waals surface area contributed by atoms with Gasteiger partial charge in [-0.15, -0.1) is 0 Å². The maximum absolute atomic E-state index is 13.0. The number of carbonyl (C=O) groups excluding carboxylic acids is 1. The third kappa shape index (κ3) is 4.73. The van der Waals surface area contributed by atoms with Gasteiger partial charge in [0.2, 0.25) is 0 Å². The Bertz CT molecular complexity index is 977. The van der Waals surface area contributed by atoms with E-state index >= 15 is 0 Å². The smallest absolute Gasteiger partial charge is 0.274 e. The van der Waals surface area contributed by atoms with E-state index in [4.69, 9.17) is 14.6 Å². The molecule has 0 saturated carbocycles. The van der Waals surface area contributed by atoms with Gasteiger partial charge in [0.15, 0.2) is 11.5 Å². The van der Waals surface area contributed by atoms with Crippen molar-refractivity contribution in [3.63, 3.8) is 0 Å². The van der Waals surface area contributed by atoms with Crippen LogP contribution in [0.25, 0.3) is 10.8 Å². The fourth-order valence-electron chi connectivity index (χ4n) is 3.54. The Balaban J connectivity index is 1.78. The molecule has 0 radical (unpaired) electrons. The van der Waals surface area contributed by atoms with Crippen molar-refractivity contribution in [3.05, 3.63) is 35.9 Å². The lowest BCUT2D eigenvalue weighted by Gasteiger charge is -2.32. The van der Waals surface area contributed by atoms with Gasteiger partial charge in [0, 0.05) is 25.2 Å². The zero-order valence-corrected chi connectivity index (χ0v) is 16.8. The number of benzene rings is 2. The summed E-state index contributed by atoms with van der Waals surface area (Å²) >= 11 is 0. The van der Waals surface area contributed by atoms with E-state index in [2.05, 4.69) is 4.72 Å². The highest BCUT2D eigenvalue weighted by Gasteiger charge is 2.25. The van der Waals surface area contributed by atoms with Crippen molar-refractivity contribution in [2.75, 3.05) is 33.9 Å². The summed E-state index contributed by atoms with van der Waals surface area (Å²) in [7, 11) is -0.572. The first-order valence-electron chi connectivity index (χ1n) is 9.03. The first-order chi connectivity index (χ1) is 13.3. The number of amides is 1. The molecule has 1 atom stereocenters. The fourth-order valence-corrected chi connectivity index (χ4v) is 4.01. The van der Waals surface area contributed by atoms with Crippen molar-refractivity contribution >= 4 is 26.9 Å². The highest BCUT2D eigenvalue weighted by molar-refractivity contribution is 7.87. The summed E-state index contributed by atoms with van der Waals surface area (Å²) in [6, 6.07) is 9.24. The summed E-state index contributed by atoms with van der Waals surface area (Å²) in [5.41, 5.74) is 0.583. The second kappa shape index (κ2) is 8.34. The Morgan fingerprint density at radius 2 is 1.86 bits per heavy atom. The summed E-state index contributed by atoms with van der Waals surface area (Å²) in [6.45, 7) is 1.37. The van der Waals surface area contributed by atoms with E-state index in [1.807, 2.05) is 24.3 Å². The van der Waals surface area contributed by atoms with Crippen LogP contribution < -0.4 is 19.3 Å². The molecule has 0 spiro atoms. The number of nitrogens with one attached hydrogen (secondary N) is 1. The van der Waals surface area contributed by atoms with Crippen molar-refractivity contribution < 1.29 is 22.7 Å². The van der Waals surface area contributed by atoms with Crippen LogP contribution in [0.3, 0.4) is 0 Å². The monoisotopic (exact) mass is 407 g/mol. The number of ether oxygens (including phenoxy) is 2. The Morgan fingerprint density at radius 3 is 2.50 bits per heavy atom. The van der Waals surface area contributed by atoms with Gasteiger partial charge in [-0.05, 0) is 53.8 Å². The molecule has 1 aliphatic heterocycles. The van der Waals surface area contributed by atoms with E-state index in [1.54, 1.807) is 25.2 Å². The number of hydrogen-bond donors (Lipinski definition) is 2. The summed E-state index contributed by atoms with van der Waals surface area (Å²) in [5.74, 6) is 1.21. The second-order valence-electron chi connectivity index (χ2n) is 6.92. The van der Waals surface area contributed by atoms with Gasteiger partial charge in [0.05, 0.1) is 14.2 Å². The zero-order chi connectivity index (χ0) is 20.3. The maximum atomic E-state index is 13.0. The van der Waals surface area contributed by atoms with Crippen molar-refractivity contribution in [1.29, 1.82) is 0 Å². The van der Waals surface area contributed by atoms with Crippen molar-refractivity contribution in [2.24, 2.45) is 11.1 Å². The minimum Gasteiger partial charge on any atom is -0.493 e. The normalized spacial score (nSPS) is 17.5. The molecule has 2 aromatic carbocycles. The summed E-state index contributed by atoms with van der Waals surface area (Å²) < 4.78 is 35.2. The number of fused-ring (bicyclic) bond motifs is 1. The molecule has 1 unspecified atom stereocenters.